The summed E-state index contributed by atoms with van der Waals surface area (Å²) >= 11 is 6.40. The van der Waals surface area contributed by atoms with E-state index in [1.54, 1.807) is 6.08 Å². The molecule has 2 aromatic carbocycles. The molecule has 0 radical (unpaired) electrons. The Bertz CT molecular complexity index is 936. The van der Waals surface area contributed by atoms with Gasteiger partial charge in [0.1, 0.15) is 0 Å². The van der Waals surface area contributed by atoms with Crippen LogP contribution in [0.1, 0.15) is 21.5 Å². The molecule has 126 valence electrons. The summed E-state index contributed by atoms with van der Waals surface area (Å²) in [5, 5.41) is 20.7. The molecule has 0 atom stereocenters. The molecule has 0 saturated carbocycles. The van der Waals surface area contributed by atoms with Crippen LogP contribution in [0.2, 0.25) is 0 Å². The number of rotatable bonds is 3. The monoisotopic (exact) mass is 370 g/mol. The number of thioether (sulfide) groups is 1. The molecule has 0 aliphatic carbocycles. The van der Waals surface area contributed by atoms with Gasteiger partial charge in [0.25, 0.3) is 5.91 Å². The topological polar surface area (TPSA) is 80.7 Å². The van der Waals surface area contributed by atoms with E-state index < -0.39 is 17.3 Å². The smallest absolute Gasteiger partial charge is 0.335 e. The summed E-state index contributed by atoms with van der Waals surface area (Å²) in [5.41, 5.74) is 1.82. The number of hydrogen-bond donors (Lipinski definition) is 1. The fourth-order valence-electron chi connectivity index (χ4n) is 2.43. The van der Waals surface area contributed by atoms with Crippen molar-refractivity contribution in [3.63, 3.8) is 0 Å². The fraction of sp³-hybridized carbons (Fsp3) is 0.0556. The minimum atomic E-state index is -1.34. The van der Waals surface area contributed by atoms with Crippen molar-refractivity contribution in [3.05, 3.63) is 64.1 Å². The molecule has 0 aromatic heterocycles. The van der Waals surface area contributed by atoms with Gasteiger partial charge in [0.05, 0.1) is 16.2 Å². The minimum Gasteiger partial charge on any atom is -0.872 e. The zero-order valence-electron chi connectivity index (χ0n) is 13.1. The molecular formula is C18H12NO4S2-. The van der Waals surface area contributed by atoms with E-state index in [0.717, 1.165) is 29.0 Å². The van der Waals surface area contributed by atoms with E-state index in [-0.39, 0.29) is 11.6 Å². The fourth-order valence-corrected chi connectivity index (χ4v) is 3.72. The number of hydrogen-bond acceptors (Lipinski definition) is 5. The van der Waals surface area contributed by atoms with Crippen molar-refractivity contribution in [2.75, 3.05) is 4.90 Å². The van der Waals surface area contributed by atoms with Crippen LogP contribution in [0.3, 0.4) is 0 Å². The number of benzene rings is 2. The normalized spacial score (nSPS) is 15.9. The third-order valence-corrected chi connectivity index (χ3v) is 4.89. The minimum absolute atomic E-state index is 0.271. The van der Waals surface area contributed by atoms with Crippen molar-refractivity contribution < 1.29 is 19.8 Å². The van der Waals surface area contributed by atoms with Crippen molar-refractivity contribution >= 4 is 51.9 Å². The SMILES string of the molecule is Cc1cccc(/C=C2\SC(=S)N(c3ccc([O-])c(C(=O)O)c3)C2=O)c1. The van der Waals surface area contributed by atoms with E-state index >= 15 is 0 Å². The van der Waals surface area contributed by atoms with E-state index in [1.807, 2.05) is 31.2 Å². The zero-order valence-corrected chi connectivity index (χ0v) is 14.7. The third-order valence-electron chi connectivity index (χ3n) is 3.59. The summed E-state index contributed by atoms with van der Waals surface area (Å²) in [6.45, 7) is 1.96. The van der Waals surface area contributed by atoms with Crippen LogP contribution in [-0.4, -0.2) is 21.3 Å². The number of aryl methyl sites for hydroxylation is 1. The second kappa shape index (κ2) is 6.70. The lowest BCUT2D eigenvalue weighted by Gasteiger charge is -2.18. The second-order valence-electron chi connectivity index (χ2n) is 5.42. The summed E-state index contributed by atoms with van der Waals surface area (Å²) in [7, 11) is 0. The Morgan fingerprint density at radius 1 is 1.28 bits per heavy atom. The standard InChI is InChI=1S/C18H13NO4S2/c1-10-3-2-4-11(7-10)8-15-16(21)19(18(24)25-15)12-5-6-14(20)13(9-12)17(22)23/h2-9,20H,1H3,(H,22,23)/p-1/b15-8-. The predicted octanol–water partition coefficient (Wildman–Crippen LogP) is 3.17. The van der Waals surface area contributed by atoms with Gasteiger partial charge < -0.3 is 10.2 Å². The Balaban J connectivity index is 1.97. The summed E-state index contributed by atoms with van der Waals surface area (Å²) in [6, 6.07) is 11.4. The highest BCUT2D eigenvalue weighted by Gasteiger charge is 2.33. The molecular weight excluding hydrogens is 358 g/mol. The number of anilines is 1. The maximum absolute atomic E-state index is 12.7. The lowest BCUT2D eigenvalue weighted by atomic mass is 10.1. The van der Waals surface area contributed by atoms with Gasteiger partial charge in [-0.15, -0.1) is 0 Å². The first-order valence-corrected chi connectivity index (χ1v) is 8.48. The average molecular weight is 370 g/mol. The molecule has 1 N–H and O–H groups in total. The number of carboxylic acid groups (broad SMARTS) is 1. The van der Waals surface area contributed by atoms with Crippen LogP contribution in [0.4, 0.5) is 5.69 Å². The van der Waals surface area contributed by atoms with Crippen molar-refractivity contribution in [2.45, 2.75) is 6.92 Å². The number of carbonyl (C=O) groups excluding carboxylic acids is 1. The lowest BCUT2D eigenvalue weighted by Crippen LogP contribution is -2.27. The number of carboxylic acids is 1. The summed E-state index contributed by atoms with van der Waals surface area (Å²) in [5.74, 6) is -2.30. The highest BCUT2D eigenvalue weighted by molar-refractivity contribution is 8.27. The zero-order chi connectivity index (χ0) is 18.1. The van der Waals surface area contributed by atoms with Crippen LogP contribution in [-0.2, 0) is 4.79 Å². The summed E-state index contributed by atoms with van der Waals surface area (Å²) in [6.07, 6.45) is 1.74. The molecule has 3 rings (SSSR count). The van der Waals surface area contributed by atoms with Crippen LogP contribution in [0.25, 0.3) is 6.08 Å². The van der Waals surface area contributed by atoms with Crippen molar-refractivity contribution in [3.8, 4) is 5.75 Å². The van der Waals surface area contributed by atoms with E-state index in [1.165, 1.54) is 17.0 Å². The molecule has 0 bridgehead atoms. The number of thiocarbonyl (C=S) groups is 1. The van der Waals surface area contributed by atoms with Gasteiger partial charge in [0, 0.05) is 0 Å². The highest BCUT2D eigenvalue weighted by atomic mass is 32.2. The van der Waals surface area contributed by atoms with Gasteiger partial charge in [-0.25, -0.2) is 4.79 Å². The van der Waals surface area contributed by atoms with Gasteiger partial charge in [-0.3, -0.25) is 9.69 Å². The lowest BCUT2D eigenvalue weighted by molar-refractivity contribution is -0.268. The molecule has 0 unspecified atom stereocenters. The maximum Gasteiger partial charge on any atom is 0.335 e. The van der Waals surface area contributed by atoms with E-state index in [0.29, 0.717) is 9.23 Å². The number of nitrogens with zero attached hydrogens (tertiary/aromatic N) is 1. The van der Waals surface area contributed by atoms with Crippen molar-refractivity contribution in [1.82, 2.24) is 0 Å². The summed E-state index contributed by atoms with van der Waals surface area (Å²) < 4.78 is 0.291. The molecule has 1 aliphatic heterocycles. The Labute approximate surface area is 153 Å². The molecule has 1 fully saturated rings. The number of amides is 1. The maximum atomic E-state index is 12.7. The number of aromatic carboxylic acids is 1. The van der Waals surface area contributed by atoms with Crippen molar-refractivity contribution in [2.24, 2.45) is 0 Å². The van der Waals surface area contributed by atoms with Gasteiger partial charge >= 0.3 is 5.97 Å². The highest BCUT2D eigenvalue weighted by Crippen LogP contribution is 2.37. The number of carbonyl (C=O) groups is 2. The Morgan fingerprint density at radius 2 is 2.04 bits per heavy atom. The Hall–Kier alpha value is -2.64. The average Bonchev–Trinajstić information content (AvgIpc) is 2.82. The quantitative estimate of drug-likeness (QED) is 0.660. The van der Waals surface area contributed by atoms with Crippen molar-refractivity contribution in [1.29, 1.82) is 0 Å². The first kappa shape index (κ1) is 17.2. The Kier molecular flexibility index (Phi) is 4.61. The molecule has 5 nitrogen and oxygen atoms in total. The van der Waals surface area contributed by atoms with Crippen LogP contribution < -0.4 is 10.0 Å². The molecule has 1 aliphatic rings. The van der Waals surface area contributed by atoms with E-state index in [4.69, 9.17) is 17.3 Å². The second-order valence-corrected chi connectivity index (χ2v) is 7.09. The van der Waals surface area contributed by atoms with Crippen LogP contribution in [0, 0.1) is 6.92 Å². The predicted molar refractivity (Wildman–Crippen MR) is 99.7 cm³/mol. The molecule has 0 spiro atoms. The van der Waals surface area contributed by atoms with E-state index in [9.17, 15) is 14.7 Å². The van der Waals surface area contributed by atoms with E-state index in [2.05, 4.69) is 0 Å². The van der Waals surface area contributed by atoms with Crippen LogP contribution >= 0.6 is 24.0 Å². The molecule has 1 saturated heterocycles. The largest absolute Gasteiger partial charge is 0.872 e. The molecule has 7 heteroatoms. The molecule has 1 heterocycles. The summed E-state index contributed by atoms with van der Waals surface area (Å²) in [4.78, 5) is 25.5. The van der Waals surface area contributed by atoms with Gasteiger partial charge in [-0.2, -0.15) is 0 Å². The van der Waals surface area contributed by atoms with Gasteiger partial charge in [0.15, 0.2) is 4.32 Å². The van der Waals surface area contributed by atoms with Crippen LogP contribution in [0.15, 0.2) is 47.4 Å². The molecule has 1 amide bonds. The third kappa shape index (κ3) is 3.42. The first-order valence-electron chi connectivity index (χ1n) is 7.26. The Morgan fingerprint density at radius 3 is 2.72 bits per heavy atom. The molecule has 2 aromatic rings. The first-order chi connectivity index (χ1) is 11.9. The van der Waals surface area contributed by atoms with Gasteiger partial charge in [0.2, 0.25) is 0 Å². The van der Waals surface area contributed by atoms with Gasteiger partial charge in [-0.05, 0) is 30.7 Å². The molecule has 25 heavy (non-hydrogen) atoms. The van der Waals surface area contributed by atoms with Crippen LogP contribution in [0.5, 0.6) is 5.75 Å². The van der Waals surface area contributed by atoms with Gasteiger partial charge in [-0.1, -0.05) is 65.6 Å².